The summed E-state index contributed by atoms with van der Waals surface area (Å²) in [6.45, 7) is 0. The molecule has 0 rings (SSSR count). The van der Waals surface area contributed by atoms with Crippen LogP contribution in [0.5, 0.6) is 0 Å². The molecular weight excluding hydrogens is 135 g/mol. The van der Waals surface area contributed by atoms with E-state index < -0.39 is 9.05 Å². The molecule has 0 atom stereocenters. The molecule has 40 valence electrons. The predicted molar refractivity (Wildman–Crippen MR) is 17.3 cm³/mol. The van der Waals surface area contributed by atoms with Gasteiger partial charge < -0.3 is 24.7 Å². The topological polar surface area (TPSA) is 121 Å². The summed E-state index contributed by atoms with van der Waals surface area (Å²) >= 11 is 0. The summed E-state index contributed by atoms with van der Waals surface area (Å²) < 4.78 is 0. The maximum atomic E-state index is 8.69. The minimum absolute atomic E-state index is 0. The average molecular weight is 138 g/mol. The van der Waals surface area contributed by atoms with Crippen molar-refractivity contribution in [1.82, 2.24) is 0 Å². The Morgan fingerprint density at radius 2 is 1.14 bits per heavy atom. The molecule has 0 fully saturated rings. The first-order valence-electron chi connectivity index (χ1n) is 0.836. The molecule has 0 spiro atoms. The van der Waals surface area contributed by atoms with Gasteiger partial charge in [-0.2, -0.15) is 0 Å². The van der Waals surface area contributed by atoms with E-state index in [9.17, 15) is 0 Å². The Kier molecular flexibility index (Phi) is 10.5. The van der Waals surface area contributed by atoms with Crippen molar-refractivity contribution in [3.8, 4) is 0 Å². The standard InChI is InChI=1S/Al.HO4Si.H2O/c;1-5(2,3)4;/h;1H;1H2/q+3;-3;. The molecule has 7 heavy (non-hydrogen) atoms. The molecule has 7 heteroatoms. The fraction of sp³-hybridized carbons (Fsp3) is 0. The molecule has 0 aliphatic rings. The van der Waals surface area contributed by atoms with E-state index in [1.54, 1.807) is 0 Å². The molecule has 0 aliphatic carbocycles. The Bertz CT molecular complexity index is 23.6. The van der Waals surface area contributed by atoms with E-state index in [0.717, 1.165) is 0 Å². The zero-order chi connectivity index (χ0) is 4.50. The van der Waals surface area contributed by atoms with E-state index in [1.165, 1.54) is 0 Å². The molecule has 0 aliphatic heterocycles. The summed E-state index contributed by atoms with van der Waals surface area (Å²) in [5.74, 6) is 0. The van der Waals surface area contributed by atoms with Gasteiger partial charge in [-0.05, 0) is 0 Å². The Morgan fingerprint density at radius 3 is 1.14 bits per heavy atom. The average Bonchev–Trinajstić information content (AvgIpc) is 0.722. The summed E-state index contributed by atoms with van der Waals surface area (Å²) in [7, 11) is -5.36. The smallest absolute Gasteiger partial charge is 0.861 e. The molecule has 0 radical (unpaired) electrons. The zero-order valence-electron chi connectivity index (χ0n) is 3.25. The van der Waals surface area contributed by atoms with E-state index in [0.29, 0.717) is 0 Å². The monoisotopic (exact) mass is 138 g/mol. The van der Waals surface area contributed by atoms with Gasteiger partial charge in [-0.15, -0.1) is 9.05 Å². The van der Waals surface area contributed by atoms with E-state index >= 15 is 0 Å². The molecule has 0 bridgehead atoms. The van der Waals surface area contributed by atoms with Crippen molar-refractivity contribution in [3.05, 3.63) is 0 Å². The van der Waals surface area contributed by atoms with Gasteiger partial charge in [-0.1, -0.05) is 0 Å². The van der Waals surface area contributed by atoms with Gasteiger partial charge in [0.2, 0.25) is 0 Å². The quantitative estimate of drug-likeness (QED) is 0.335. The molecule has 0 unspecified atom stereocenters. The van der Waals surface area contributed by atoms with Gasteiger partial charge in [0.15, 0.2) is 0 Å². The summed E-state index contributed by atoms with van der Waals surface area (Å²) in [4.78, 5) is 33.1. The second kappa shape index (κ2) is 4.70. The van der Waals surface area contributed by atoms with E-state index in [-0.39, 0.29) is 22.8 Å². The van der Waals surface area contributed by atoms with Gasteiger partial charge in [-0.25, -0.2) is 0 Å². The normalized spacial score (nSPS) is 8.57. The molecule has 0 aromatic rings. The largest absolute Gasteiger partial charge is 3.00 e. The van der Waals surface area contributed by atoms with Crippen LogP contribution in [0.4, 0.5) is 0 Å². The SMILES string of the molecule is O.[Al+3].[O-][Si]([O-])([O-])O. The van der Waals surface area contributed by atoms with Gasteiger partial charge in [0.25, 0.3) is 0 Å². The Morgan fingerprint density at radius 1 is 1.14 bits per heavy atom. The van der Waals surface area contributed by atoms with Gasteiger partial charge in [0.1, 0.15) is 0 Å². The molecule has 0 saturated heterocycles. The second-order valence-corrected chi connectivity index (χ2v) is 1.57. The molecule has 5 nitrogen and oxygen atoms in total. The second-order valence-electron chi connectivity index (χ2n) is 0.524. The van der Waals surface area contributed by atoms with Crippen LogP contribution in [0.2, 0.25) is 0 Å². The minimum Gasteiger partial charge on any atom is -0.861 e. The van der Waals surface area contributed by atoms with Gasteiger partial charge >= 0.3 is 17.4 Å². The molecule has 0 amide bonds. The molecule has 3 N–H and O–H groups in total. The summed E-state index contributed by atoms with van der Waals surface area (Å²) in [5, 5.41) is 0. The van der Waals surface area contributed by atoms with Gasteiger partial charge in [-0.3, -0.25) is 0 Å². The van der Waals surface area contributed by atoms with Crippen LogP contribution in [0, 0.1) is 0 Å². The van der Waals surface area contributed by atoms with E-state index in [4.69, 9.17) is 19.2 Å². The predicted octanol–water partition coefficient (Wildman–Crippen LogP) is -5.71. The van der Waals surface area contributed by atoms with Crippen molar-refractivity contribution in [2.75, 3.05) is 0 Å². The van der Waals surface area contributed by atoms with E-state index in [1.807, 2.05) is 0 Å². The van der Waals surface area contributed by atoms with Crippen molar-refractivity contribution < 1.29 is 24.7 Å². The van der Waals surface area contributed by atoms with Crippen molar-refractivity contribution >= 4 is 26.4 Å². The van der Waals surface area contributed by atoms with Crippen LogP contribution in [-0.2, 0) is 0 Å². The van der Waals surface area contributed by atoms with Crippen LogP contribution in [0.3, 0.4) is 0 Å². The first-order valence-corrected chi connectivity index (χ1v) is 2.51. The molecule has 0 aromatic carbocycles. The Balaban J connectivity index is -0.0000000800. The number of hydrogen-bond donors (Lipinski definition) is 1. The molecule has 0 saturated carbocycles. The Hall–Kier alpha value is 0.549. The van der Waals surface area contributed by atoms with Gasteiger partial charge in [0, 0.05) is 0 Å². The fourth-order valence-electron chi connectivity index (χ4n) is 0. The molecular formula is H3AlO5Si. The van der Waals surface area contributed by atoms with Crippen molar-refractivity contribution in [2.45, 2.75) is 0 Å². The molecule has 0 aromatic heterocycles. The van der Waals surface area contributed by atoms with Crippen LogP contribution in [0.1, 0.15) is 0 Å². The van der Waals surface area contributed by atoms with Crippen LogP contribution in [0.25, 0.3) is 0 Å². The number of hydrogen-bond acceptors (Lipinski definition) is 4. The van der Waals surface area contributed by atoms with Crippen LogP contribution in [0.15, 0.2) is 0 Å². The van der Waals surface area contributed by atoms with Crippen LogP contribution >= 0.6 is 0 Å². The maximum absolute atomic E-state index is 8.69. The maximum Gasteiger partial charge on any atom is 3.00 e. The summed E-state index contributed by atoms with van der Waals surface area (Å²) in [6, 6.07) is 0. The molecule has 0 heterocycles. The van der Waals surface area contributed by atoms with E-state index in [2.05, 4.69) is 0 Å². The summed E-state index contributed by atoms with van der Waals surface area (Å²) in [5.41, 5.74) is 0. The van der Waals surface area contributed by atoms with Crippen molar-refractivity contribution in [2.24, 2.45) is 0 Å². The summed E-state index contributed by atoms with van der Waals surface area (Å²) in [6.07, 6.45) is 0. The first kappa shape index (κ1) is 15.6. The third-order valence-corrected chi connectivity index (χ3v) is 0. The first-order chi connectivity index (χ1) is 2.00. The van der Waals surface area contributed by atoms with Crippen molar-refractivity contribution in [1.29, 1.82) is 0 Å². The zero-order valence-corrected chi connectivity index (χ0v) is 5.40. The third-order valence-electron chi connectivity index (χ3n) is 0. The third kappa shape index (κ3) is 449. The van der Waals surface area contributed by atoms with Crippen molar-refractivity contribution in [3.63, 3.8) is 0 Å². The Labute approximate surface area is 51.8 Å². The van der Waals surface area contributed by atoms with Gasteiger partial charge in [0.05, 0.1) is 0 Å². The van der Waals surface area contributed by atoms with Crippen LogP contribution in [-0.4, -0.2) is 36.7 Å². The minimum atomic E-state index is -5.36. The number of rotatable bonds is 0. The fourth-order valence-corrected chi connectivity index (χ4v) is 0. The van der Waals surface area contributed by atoms with Crippen LogP contribution < -0.4 is 14.4 Å².